The smallest absolute Gasteiger partial charge is 0.334 e. The average molecular weight is 536 g/mol. The van der Waals surface area contributed by atoms with E-state index in [1.807, 2.05) is 30.0 Å². The maximum atomic E-state index is 12.7. The van der Waals surface area contributed by atoms with Crippen molar-refractivity contribution < 1.29 is 19.4 Å². The standard InChI is InChI=1S/C26H29N7O4S/c1-14-9-15(5-6-16(14)10-27-22(34)18-11-28-24(38-18)26(2,3)4)19-20-21(30-13-29-19)32-25(31-20)33-7-8-37-17(12-33)23(35)36/h5-6,9,11,13,17H,7-8,10,12H2,1-4H3,(H,27,34)(H,35,36)(H,29,30,31,32). The number of carbonyl (C=O) groups is 2. The molecule has 0 saturated carbocycles. The molecule has 12 heteroatoms. The molecule has 1 aliphatic rings. The van der Waals surface area contributed by atoms with Gasteiger partial charge < -0.3 is 25.0 Å². The molecule has 3 N–H and O–H groups in total. The highest BCUT2D eigenvalue weighted by molar-refractivity contribution is 7.13. The second-order valence-corrected chi connectivity index (χ2v) is 11.3. The number of imidazole rings is 1. The van der Waals surface area contributed by atoms with Crippen molar-refractivity contribution in [1.82, 2.24) is 30.2 Å². The molecule has 0 bridgehead atoms. The molecule has 1 aromatic carbocycles. The van der Waals surface area contributed by atoms with Gasteiger partial charge in [0, 0.05) is 24.1 Å². The van der Waals surface area contributed by atoms with Crippen molar-refractivity contribution >= 4 is 40.3 Å². The predicted molar refractivity (Wildman–Crippen MR) is 143 cm³/mol. The molecule has 1 atom stereocenters. The molecule has 198 valence electrons. The SMILES string of the molecule is Cc1cc(-c2ncnc3nc(N4CCOC(C(=O)O)C4)[nH]c23)ccc1CNC(=O)c1cnc(C(C)(C)C)s1. The van der Waals surface area contributed by atoms with E-state index in [1.54, 1.807) is 6.20 Å². The number of nitrogens with one attached hydrogen (secondary N) is 2. The third-order valence-electron chi connectivity index (χ3n) is 6.34. The maximum Gasteiger partial charge on any atom is 0.334 e. The van der Waals surface area contributed by atoms with Gasteiger partial charge in [0.15, 0.2) is 11.8 Å². The van der Waals surface area contributed by atoms with E-state index < -0.39 is 12.1 Å². The number of hydrogen-bond acceptors (Lipinski definition) is 9. The molecular formula is C26H29N7O4S. The van der Waals surface area contributed by atoms with Crippen LogP contribution in [0.3, 0.4) is 0 Å². The minimum atomic E-state index is -1.00. The first-order valence-electron chi connectivity index (χ1n) is 12.2. The highest BCUT2D eigenvalue weighted by atomic mass is 32.1. The lowest BCUT2D eigenvalue weighted by Gasteiger charge is -2.30. The van der Waals surface area contributed by atoms with Gasteiger partial charge in [-0.05, 0) is 24.1 Å². The summed E-state index contributed by atoms with van der Waals surface area (Å²) in [6, 6.07) is 5.95. The first-order valence-corrected chi connectivity index (χ1v) is 13.1. The monoisotopic (exact) mass is 535 g/mol. The Morgan fingerprint density at radius 1 is 1.26 bits per heavy atom. The number of rotatable bonds is 6. The van der Waals surface area contributed by atoms with Crippen molar-refractivity contribution in [1.29, 1.82) is 0 Å². The van der Waals surface area contributed by atoms with Crippen LogP contribution in [0.5, 0.6) is 0 Å². The molecule has 38 heavy (non-hydrogen) atoms. The number of ether oxygens (including phenoxy) is 1. The minimum Gasteiger partial charge on any atom is -0.479 e. The van der Waals surface area contributed by atoms with E-state index >= 15 is 0 Å². The Bertz CT molecular complexity index is 1510. The van der Waals surface area contributed by atoms with Crippen LogP contribution in [0.1, 0.15) is 46.6 Å². The van der Waals surface area contributed by atoms with E-state index in [4.69, 9.17) is 4.74 Å². The third kappa shape index (κ3) is 5.22. The highest BCUT2D eigenvalue weighted by Gasteiger charge is 2.28. The largest absolute Gasteiger partial charge is 0.479 e. The fourth-order valence-corrected chi connectivity index (χ4v) is 5.10. The molecule has 0 aliphatic carbocycles. The molecule has 5 rings (SSSR count). The number of fused-ring (bicyclic) bond motifs is 1. The number of nitrogens with zero attached hydrogens (tertiary/aromatic N) is 5. The molecule has 3 aromatic heterocycles. The van der Waals surface area contributed by atoms with E-state index in [2.05, 4.69) is 51.0 Å². The minimum absolute atomic E-state index is 0.0967. The third-order valence-corrected chi connectivity index (χ3v) is 7.77. The topological polar surface area (TPSA) is 146 Å². The summed E-state index contributed by atoms with van der Waals surface area (Å²) in [6.45, 7) is 9.61. The van der Waals surface area contributed by atoms with Gasteiger partial charge in [0.25, 0.3) is 5.91 Å². The van der Waals surface area contributed by atoms with Crippen LogP contribution in [-0.4, -0.2) is 67.7 Å². The van der Waals surface area contributed by atoms with E-state index in [0.717, 1.165) is 21.7 Å². The number of carbonyl (C=O) groups excluding carboxylic acids is 1. The van der Waals surface area contributed by atoms with Gasteiger partial charge in [0.05, 0.1) is 30.1 Å². The summed E-state index contributed by atoms with van der Waals surface area (Å²) in [4.78, 5) is 47.5. The first kappa shape index (κ1) is 25.7. The van der Waals surface area contributed by atoms with E-state index in [1.165, 1.54) is 17.7 Å². The van der Waals surface area contributed by atoms with E-state index in [0.29, 0.717) is 47.4 Å². The number of anilines is 1. The van der Waals surface area contributed by atoms with Gasteiger partial charge >= 0.3 is 5.97 Å². The molecule has 11 nitrogen and oxygen atoms in total. The molecule has 1 aliphatic heterocycles. The number of aromatic amines is 1. The molecule has 1 fully saturated rings. The summed E-state index contributed by atoms with van der Waals surface area (Å²) in [5.74, 6) is -0.609. The number of H-pyrrole nitrogens is 1. The first-order chi connectivity index (χ1) is 18.1. The number of thiazole rings is 1. The number of aryl methyl sites for hydroxylation is 1. The van der Waals surface area contributed by atoms with Crippen LogP contribution in [-0.2, 0) is 21.5 Å². The second kappa shape index (κ2) is 10.1. The van der Waals surface area contributed by atoms with Crippen LogP contribution in [0, 0.1) is 6.92 Å². The Morgan fingerprint density at radius 3 is 2.79 bits per heavy atom. The fourth-order valence-electron chi connectivity index (χ4n) is 4.21. The number of carboxylic acid groups (broad SMARTS) is 1. The van der Waals surface area contributed by atoms with Crippen molar-refractivity contribution in [2.24, 2.45) is 0 Å². The molecular weight excluding hydrogens is 506 g/mol. The lowest BCUT2D eigenvalue weighted by molar-refractivity contribution is -0.150. The summed E-state index contributed by atoms with van der Waals surface area (Å²) in [5.41, 5.74) is 4.63. The summed E-state index contributed by atoms with van der Waals surface area (Å²) < 4.78 is 5.32. The van der Waals surface area contributed by atoms with Crippen LogP contribution in [0.4, 0.5) is 5.95 Å². The van der Waals surface area contributed by atoms with Gasteiger partial charge in [-0.1, -0.05) is 32.9 Å². The van der Waals surface area contributed by atoms with E-state index in [-0.39, 0.29) is 17.9 Å². The van der Waals surface area contributed by atoms with Gasteiger partial charge in [-0.25, -0.2) is 19.7 Å². The zero-order chi connectivity index (χ0) is 27.0. The van der Waals surface area contributed by atoms with Crippen molar-refractivity contribution in [3.05, 3.63) is 51.7 Å². The fraction of sp³-hybridized carbons (Fsp3) is 0.385. The Labute approximate surface area is 223 Å². The van der Waals surface area contributed by atoms with Crippen LogP contribution in [0.25, 0.3) is 22.4 Å². The summed E-state index contributed by atoms with van der Waals surface area (Å²) in [6.07, 6.45) is 2.19. The van der Waals surface area contributed by atoms with Gasteiger partial charge in [0.2, 0.25) is 5.95 Å². The average Bonchev–Trinajstić information content (AvgIpc) is 3.56. The number of hydrogen-bond donors (Lipinski definition) is 3. The summed E-state index contributed by atoms with van der Waals surface area (Å²) in [7, 11) is 0. The molecule has 1 saturated heterocycles. The predicted octanol–water partition coefficient (Wildman–Crippen LogP) is 3.30. The van der Waals surface area contributed by atoms with Gasteiger partial charge in [-0.2, -0.15) is 4.98 Å². The molecule has 1 unspecified atom stereocenters. The zero-order valence-corrected chi connectivity index (χ0v) is 22.4. The van der Waals surface area contributed by atoms with Crippen molar-refractivity contribution in [3.8, 4) is 11.3 Å². The Hall–Kier alpha value is -3.90. The van der Waals surface area contributed by atoms with Crippen LogP contribution in [0.15, 0.2) is 30.7 Å². The van der Waals surface area contributed by atoms with Gasteiger partial charge in [-0.15, -0.1) is 11.3 Å². The van der Waals surface area contributed by atoms with Gasteiger partial charge in [0.1, 0.15) is 16.7 Å². The molecule has 1 amide bonds. The van der Waals surface area contributed by atoms with E-state index in [9.17, 15) is 14.7 Å². The number of aliphatic carboxylic acids is 1. The van der Waals surface area contributed by atoms with Crippen LogP contribution >= 0.6 is 11.3 Å². The normalized spacial score (nSPS) is 16.1. The molecule has 4 aromatic rings. The van der Waals surface area contributed by atoms with Crippen molar-refractivity contribution in [2.75, 3.05) is 24.6 Å². The molecule has 0 radical (unpaired) electrons. The number of amides is 1. The summed E-state index contributed by atoms with van der Waals surface area (Å²) in [5, 5.41) is 13.2. The Balaban J connectivity index is 1.33. The molecule has 4 heterocycles. The number of morpholine rings is 1. The molecule has 0 spiro atoms. The van der Waals surface area contributed by atoms with Crippen molar-refractivity contribution in [2.45, 2.75) is 45.8 Å². The maximum absolute atomic E-state index is 12.7. The number of aromatic nitrogens is 5. The van der Waals surface area contributed by atoms with Crippen LogP contribution in [0.2, 0.25) is 0 Å². The lowest BCUT2D eigenvalue weighted by Crippen LogP contribution is -2.46. The Kier molecular flexibility index (Phi) is 6.84. The quantitative estimate of drug-likeness (QED) is 0.338. The number of carboxylic acids is 1. The number of benzene rings is 1. The highest BCUT2D eigenvalue weighted by Crippen LogP contribution is 2.29. The summed E-state index contributed by atoms with van der Waals surface area (Å²) >= 11 is 1.42. The van der Waals surface area contributed by atoms with Crippen LogP contribution < -0.4 is 10.2 Å². The lowest BCUT2D eigenvalue weighted by atomic mass is 9.98. The van der Waals surface area contributed by atoms with Crippen molar-refractivity contribution in [3.63, 3.8) is 0 Å². The Morgan fingerprint density at radius 2 is 2.08 bits per heavy atom. The zero-order valence-electron chi connectivity index (χ0n) is 21.6. The van der Waals surface area contributed by atoms with Gasteiger partial charge in [-0.3, -0.25) is 4.79 Å². The second-order valence-electron chi connectivity index (χ2n) is 10.2.